The van der Waals surface area contributed by atoms with Crippen LogP contribution in [0.3, 0.4) is 0 Å². The molecule has 0 saturated carbocycles. The van der Waals surface area contributed by atoms with Crippen molar-refractivity contribution in [3.8, 4) is 0 Å². The highest BCUT2D eigenvalue weighted by Gasteiger charge is 1.93. The predicted molar refractivity (Wildman–Crippen MR) is 50.6 cm³/mol. The molecule has 2 N–H and O–H groups in total. The minimum absolute atomic E-state index is 0.00412. The maximum absolute atomic E-state index is 6.93. The van der Waals surface area contributed by atoms with Gasteiger partial charge in [0.25, 0.3) is 0 Å². The summed E-state index contributed by atoms with van der Waals surface area (Å²) in [4.78, 5) is 7.13. The molecule has 1 heterocycles. The number of nitrogens with zero attached hydrogens (tertiary/aromatic N) is 1. The zero-order valence-corrected chi connectivity index (χ0v) is 7.52. The van der Waals surface area contributed by atoms with Crippen molar-refractivity contribution in [3.05, 3.63) is 23.8 Å². The molecule has 0 bridgehead atoms. The van der Waals surface area contributed by atoms with Gasteiger partial charge < -0.3 is 4.98 Å². The number of nitrogens with one attached hydrogen (secondary N) is 2. The Bertz CT molecular complexity index is 301. The Morgan fingerprint density at radius 3 is 3.08 bits per heavy atom. The van der Waals surface area contributed by atoms with E-state index in [0.717, 1.165) is 17.9 Å². The van der Waals surface area contributed by atoms with Gasteiger partial charge in [-0.1, -0.05) is 18.5 Å². The first-order valence-corrected chi connectivity index (χ1v) is 4.06. The molecule has 0 unspecified atom stereocenters. The molecule has 0 aliphatic carbocycles. The Hall–Kier alpha value is -1.09. The number of halogens is 1. The van der Waals surface area contributed by atoms with Crippen molar-refractivity contribution in [2.24, 2.45) is 0 Å². The third-order valence-electron chi connectivity index (χ3n) is 1.42. The maximum atomic E-state index is 6.93. The summed E-state index contributed by atoms with van der Waals surface area (Å²) >= 11 is 5.32. The summed E-state index contributed by atoms with van der Waals surface area (Å²) in [5.41, 5.74) is 1.08. The van der Waals surface area contributed by atoms with Gasteiger partial charge in [-0.2, -0.15) is 0 Å². The highest BCUT2D eigenvalue weighted by atomic mass is 35.5. The standard InChI is InChI=1S/C8H10ClN3/c1-2-6-5-11-8(12-6)4-3-7(9)10/h3-5,10H,2H2,1H3,(H,11,12). The molecule has 0 aliphatic heterocycles. The number of aryl methyl sites for hydroxylation is 1. The van der Waals surface area contributed by atoms with E-state index in [1.807, 2.05) is 6.92 Å². The maximum Gasteiger partial charge on any atom is 0.130 e. The second-order valence-electron chi connectivity index (χ2n) is 2.33. The van der Waals surface area contributed by atoms with E-state index in [0.29, 0.717) is 0 Å². The van der Waals surface area contributed by atoms with Crippen molar-refractivity contribution < 1.29 is 0 Å². The molecule has 0 amide bonds. The molecular weight excluding hydrogens is 174 g/mol. The number of aromatic nitrogens is 2. The van der Waals surface area contributed by atoms with E-state index >= 15 is 0 Å². The second-order valence-corrected chi connectivity index (χ2v) is 2.74. The minimum atomic E-state index is 0.00412. The van der Waals surface area contributed by atoms with Crippen molar-refractivity contribution in [2.75, 3.05) is 0 Å². The normalized spacial score (nSPS) is 10.8. The molecule has 4 heteroatoms. The molecule has 3 nitrogen and oxygen atoms in total. The van der Waals surface area contributed by atoms with E-state index in [9.17, 15) is 0 Å². The van der Waals surface area contributed by atoms with Crippen LogP contribution < -0.4 is 0 Å². The zero-order valence-electron chi connectivity index (χ0n) is 6.76. The lowest BCUT2D eigenvalue weighted by Gasteiger charge is -1.85. The number of imidazole rings is 1. The third kappa shape index (κ3) is 2.51. The van der Waals surface area contributed by atoms with Crippen LogP contribution in [0.5, 0.6) is 0 Å². The number of H-pyrrole nitrogens is 1. The molecule has 0 aromatic carbocycles. The summed E-state index contributed by atoms with van der Waals surface area (Å²) < 4.78 is 0. The Balaban J connectivity index is 2.70. The minimum Gasteiger partial charge on any atom is -0.342 e. The molecule has 0 aliphatic rings. The third-order valence-corrected chi connectivity index (χ3v) is 1.54. The van der Waals surface area contributed by atoms with Crippen LogP contribution in [-0.2, 0) is 6.42 Å². The molecule has 12 heavy (non-hydrogen) atoms. The molecule has 0 radical (unpaired) electrons. The van der Waals surface area contributed by atoms with Crippen molar-refractivity contribution in [1.82, 2.24) is 9.97 Å². The van der Waals surface area contributed by atoms with Crippen LogP contribution in [0.25, 0.3) is 6.08 Å². The highest BCUT2D eigenvalue weighted by Crippen LogP contribution is 2.00. The molecule has 64 valence electrons. The van der Waals surface area contributed by atoms with Crippen LogP contribution >= 0.6 is 11.6 Å². The van der Waals surface area contributed by atoms with Crippen LogP contribution in [-0.4, -0.2) is 15.1 Å². The van der Waals surface area contributed by atoms with Gasteiger partial charge in [-0.25, -0.2) is 4.98 Å². The lowest BCUT2D eigenvalue weighted by atomic mass is 10.4. The largest absolute Gasteiger partial charge is 0.342 e. The predicted octanol–water partition coefficient (Wildman–Crippen LogP) is 2.20. The van der Waals surface area contributed by atoms with Crippen LogP contribution in [0.4, 0.5) is 0 Å². The van der Waals surface area contributed by atoms with Gasteiger partial charge in [0.15, 0.2) is 0 Å². The highest BCUT2D eigenvalue weighted by molar-refractivity contribution is 6.67. The second kappa shape index (κ2) is 4.07. The lowest BCUT2D eigenvalue weighted by molar-refractivity contribution is 1.06. The monoisotopic (exact) mass is 183 g/mol. The van der Waals surface area contributed by atoms with Gasteiger partial charge in [0.05, 0.1) is 0 Å². The van der Waals surface area contributed by atoms with Crippen molar-refractivity contribution >= 4 is 22.8 Å². The average Bonchev–Trinajstić information content (AvgIpc) is 2.48. The molecule has 1 aromatic heterocycles. The first-order valence-electron chi connectivity index (χ1n) is 3.68. The van der Waals surface area contributed by atoms with Gasteiger partial charge in [-0.3, -0.25) is 5.41 Å². The number of allylic oxidation sites excluding steroid dienone is 1. The molecule has 0 saturated heterocycles. The van der Waals surface area contributed by atoms with E-state index < -0.39 is 0 Å². The van der Waals surface area contributed by atoms with Crippen LogP contribution in [0.1, 0.15) is 18.4 Å². The molecule has 0 fully saturated rings. The van der Waals surface area contributed by atoms with E-state index in [2.05, 4.69) is 9.97 Å². The number of hydrogen-bond acceptors (Lipinski definition) is 2. The van der Waals surface area contributed by atoms with Gasteiger partial charge >= 0.3 is 0 Å². The Labute approximate surface area is 76.0 Å². The van der Waals surface area contributed by atoms with E-state index in [4.69, 9.17) is 17.0 Å². The van der Waals surface area contributed by atoms with E-state index in [1.54, 1.807) is 12.3 Å². The molecule has 0 spiro atoms. The van der Waals surface area contributed by atoms with E-state index in [1.165, 1.54) is 6.08 Å². The van der Waals surface area contributed by atoms with Gasteiger partial charge in [0.1, 0.15) is 11.0 Å². The van der Waals surface area contributed by atoms with Crippen molar-refractivity contribution in [2.45, 2.75) is 13.3 Å². The fourth-order valence-electron chi connectivity index (χ4n) is 0.793. The quantitative estimate of drug-likeness (QED) is 0.694. The van der Waals surface area contributed by atoms with Crippen LogP contribution in [0.15, 0.2) is 12.3 Å². The van der Waals surface area contributed by atoms with Crippen LogP contribution in [0.2, 0.25) is 0 Å². The fraction of sp³-hybridized carbons (Fsp3) is 0.250. The van der Waals surface area contributed by atoms with Crippen LogP contribution in [0, 0.1) is 5.41 Å². The average molecular weight is 184 g/mol. The first kappa shape index (κ1) is 9.00. The zero-order chi connectivity index (χ0) is 8.97. The molecule has 1 aromatic rings. The molecule has 1 rings (SSSR count). The van der Waals surface area contributed by atoms with Gasteiger partial charge in [-0.15, -0.1) is 0 Å². The van der Waals surface area contributed by atoms with Gasteiger partial charge in [0, 0.05) is 11.9 Å². The summed E-state index contributed by atoms with van der Waals surface area (Å²) in [5, 5.41) is 6.94. The summed E-state index contributed by atoms with van der Waals surface area (Å²) in [6.07, 6.45) is 5.87. The summed E-state index contributed by atoms with van der Waals surface area (Å²) in [6.45, 7) is 2.05. The fourth-order valence-corrected chi connectivity index (χ4v) is 0.856. The molecule has 0 atom stereocenters. The first-order chi connectivity index (χ1) is 5.72. The molecular formula is C8H10ClN3. The Kier molecular flexibility index (Phi) is 3.05. The number of hydrogen-bond donors (Lipinski definition) is 2. The van der Waals surface area contributed by atoms with Gasteiger partial charge in [-0.05, 0) is 18.6 Å². The topological polar surface area (TPSA) is 52.5 Å². The van der Waals surface area contributed by atoms with E-state index in [-0.39, 0.29) is 5.17 Å². The summed E-state index contributed by atoms with van der Waals surface area (Å²) in [7, 11) is 0. The SMILES string of the molecule is CCc1cnc(C=CC(=N)Cl)[nH]1. The summed E-state index contributed by atoms with van der Waals surface area (Å²) in [5.74, 6) is 0.734. The Morgan fingerprint density at radius 1 is 1.83 bits per heavy atom. The van der Waals surface area contributed by atoms with Crippen molar-refractivity contribution in [1.29, 1.82) is 5.41 Å². The van der Waals surface area contributed by atoms with Crippen molar-refractivity contribution in [3.63, 3.8) is 0 Å². The lowest BCUT2D eigenvalue weighted by Crippen LogP contribution is -1.80. The number of aromatic amines is 1. The Morgan fingerprint density at radius 2 is 2.58 bits per heavy atom. The smallest absolute Gasteiger partial charge is 0.130 e. The summed E-state index contributed by atoms with van der Waals surface area (Å²) in [6, 6.07) is 0. The number of rotatable bonds is 3. The van der Waals surface area contributed by atoms with Gasteiger partial charge in [0.2, 0.25) is 0 Å².